The van der Waals surface area contributed by atoms with Gasteiger partial charge in [0.05, 0.1) is 3.92 Å². The number of alkyl halides is 1. The summed E-state index contributed by atoms with van der Waals surface area (Å²) < 4.78 is 11.4. The molecule has 3 atom stereocenters. The second-order valence-corrected chi connectivity index (χ2v) is 4.44. The van der Waals surface area contributed by atoms with E-state index < -0.39 is 0 Å². The first-order valence-electron chi connectivity index (χ1n) is 4.11. The van der Waals surface area contributed by atoms with Gasteiger partial charge in [-0.1, -0.05) is 28.5 Å². The molecule has 1 aliphatic rings. The Kier molecular flexibility index (Phi) is 4.33. The zero-order valence-electron chi connectivity index (χ0n) is 7.13. The number of halogens is 1. The van der Waals surface area contributed by atoms with Gasteiger partial charge >= 0.3 is 0 Å². The first kappa shape index (κ1) is 10.3. The van der Waals surface area contributed by atoms with Gasteiger partial charge in [-0.05, 0) is 19.8 Å². The van der Waals surface area contributed by atoms with E-state index in [9.17, 15) is 0 Å². The van der Waals surface area contributed by atoms with Crippen LogP contribution in [0.25, 0.3) is 0 Å². The van der Waals surface area contributed by atoms with Crippen LogP contribution < -0.4 is 0 Å². The fourth-order valence-electron chi connectivity index (χ4n) is 1.08. The predicted octanol–water partition coefficient (Wildman–Crippen LogP) is 1.96. The summed E-state index contributed by atoms with van der Waals surface area (Å²) in [6.45, 7) is 2.66. The fourth-order valence-corrected chi connectivity index (χ4v) is 1.90. The Labute approximate surface area is 87.1 Å². The minimum absolute atomic E-state index is 0.106. The highest BCUT2D eigenvalue weighted by Crippen LogP contribution is 2.23. The molecule has 0 N–H and O–H groups in total. The maximum absolute atomic E-state index is 5.49. The lowest BCUT2D eigenvalue weighted by molar-refractivity contribution is -0.166. The summed E-state index contributed by atoms with van der Waals surface area (Å²) in [6.07, 6.45) is 7.23. The Balaban J connectivity index is 2.35. The molecule has 3 heteroatoms. The van der Waals surface area contributed by atoms with Crippen molar-refractivity contribution in [2.45, 2.75) is 36.1 Å². The van der Waals surface area contributed by atoms with Crippen molar-refractivity contribution in [1.82, 2.24) is 0 Å². The molecule has 0 saturated carbocycles. The molecule has 0 aliphatic carbocycles. The average molecular weight is 280 g/mol. The van der Waals surface area contributed by atoms with Gasteiger partial charge in [0.15, 0.2) is 6.29 Å². The van der Waals surface area contributed by atoms with E-state index in [1.807, 2.05) is 6.92 Å². The van der Waals surface area contributed by atoms with Crippen molar-refractivity contribution >= 4 is 22.6 Å². The van der Waals surface area contributed by atoms with Crippen LogP contribution in [0.4, 0.5) is 0 Å². The molecule has 0 aromatic rings. The number of terminal acetylenes is 1. The van der Waals surface area contributed by atoms with Crippen LogP contribution in [0.2, 0.25) is 0 Å². The van der Waals surface area contributed by atoms with Gasteiger partial charge in [-0.2, -0.15) is 0 Å². The molecule has 1 fully saturated rings. The van der Waals surface area contributed by atoms with Gasteiger partial charge in [0.1, 0.15) is 6.10 Å². The second-order valence-electron chi connectivity index (χ2n) is 2.84. The predicted molar refractivity (Wildman–Crippen MR) is 56.2 cm³/mol. The molecule has 0 spiro atoms. The summed E-state index contributed by atoms with van der Waals surface area (Å²) in [5.74, 6) is 2.53. The largest absolute Gasteiger partial charge is 0.351 e. The van der Waals surface area contributed by atoms with Crippen LogP contribution >= 0.6 is 22.6 Å². The number of hydrogen-bond acceptors (Lipinski definition) is 2. The zero-order valence-corrected chi connectivity index (χ0v) is 9.28. The molecule has 0 radical (unpaired) electrons. The number of rotatable bonds is 2. The van der Waals surface area contributed by atoms with Crippen molar-refractivity contribution in [3.63, 3.8) is 0 Å². The Bertz CT molecular complexity index is 176. The molecule has 1 saturated heterocycles. The van der Waals surface area contributed by atoms with Crippen LogP contribution in [-0.4, -0.2) is 22.9 Å². The van der Waals surface area contributed by atoms with E-state index in [2.05, 4.69) is 28.5 Å². The van der Waals surface area contributed by atoms with Crippen LogP contribution in [0.1, 0.15) is 19.8 Å². The molecule has 1 heterocycles. The third-order valence-corrected chi connectivity index (χ3v) is 2.98. The van der Waals surface area contributed by atoms with E-state index in [-0.39, 0.29) is 12.4 Å². The minimum atomic E-state index is -0.148. The SMILES string of the molecule is C#C[C@H](C)O[C@@H]1OCCC[C@H]1I. The van der Waals surface area contributed by atoms with Crippen molar-refractivity contribution in [3.05, 3.63) is 0 Å². The van der Waals surface area contributed by atoms with E-state index in [1.165, 1.54) is 0 Å². The summed E-state index contributed by atoms with van der Waals surface area (Å²) in [5, 5.41) is 0. The van der Waals surface area contributed by atoms with Gasteiger partial charge in [0, 0.05) is 6.61 Å². The summed E-state index contributed by atoms with van der Waals surface area (Å²) in [7, 11) is 0. The van der Waals surface area contributed by atoms with Gasteiger partial charge < -0.3 is 9.47 Å². The molecular formula is C9H13IO2. The van der Waals surface area contributed by atoms with E-state index in [4.69, 9.17) is 15.9 Å². The second kappa shape index (κ2) is 5.05. The maximum atomic E-state index is 5.49. The highest BCUT2D eigenvalue weighted by molar-refractivity contribution is 14.1. The highest BCUT2D eigenvalue weighted by atomic mass is 127. The van der Waals surface area contributed by atoms with Gasteiger partial charge in [0.2, 0.25) is 0 Å². The molecule has 0 bridgehead atoms. The molecule has 12 heavy (non-hydrogen) atoms. The molecule has 0 unspecified atom stereocenters. The van der Waals surface area contributed by atoms with Crippen LogP contribution in [0, 0.1) is 12.3 Å². The molecule has 0 aromatic heterocycles. The lowest BCUT2D eigenvalue weighted by Gasteiger charge is -2.28. The minimum Gasteiger partial charge on any atom is -0.351 e. The topological polar surface area (TPSA) is 18.5 Å². The molecule has 1 aliphatic heterocycles. The van der Waals surface area contributed by atoms with Crippen molar-refractivity contribution < 1.29 is 9.47 Å². The third-order valence-electron chi connectivity index (χ3n) is 1.77. The van der Waals surface area contributed by atoms with Gasteiger partial charge in [-0.3, -0.25) is 0 Å². The van der Waals surface area contributed by atoms with E-state index in [0.717, 1.165) is 19.4 Å². The smallest absolute Gasteiger partial charge is 0.170 e. The van der Waals surface area contributed by atoms with Crippen LogP contribution in [0.15, 0.2) is 0 Å². The van der Waals surface area contributed by atoms with Crippen molar-refractivity contribution in [3.8, 4) is 12.3 Å². The Morgan fingerprint density at radius 3 is 3.08 bits per heavy atom. The first-order valence-corrected chi connectivity index (χ1v) is 5.36. The fraction of sp³-hybridized carbons (Fsp3) is 0.778. The van der Waals surface area contributed by atoms with Crippen molar-refractivity contribution in [2.75, 3.05) is 6.61 Å². The summed E-state index contributed by atoms with van der Waals surface area (Å²) >= 11 is 2.35. The summed E-state index contributed by atoms with van der Waals surface area (Å²) in [5.41, 5.74) is 0. The zero-order chi connectivity index (χ0) is 8.97. The van der Waals surface area contributed by atoms with Gasteiger partial charge in [0.25, 0.3) is 0 Å². The average Bonchev–Trinajstić information content (AvgIpc) is 2.09. The molecule has 2 nitrogen and oxygen atoms in total. The maximum Gasteiger partial charge on any atom is 0.170 e. The molecule has 1 rings (SSSR count). The lowest BCUT2D eigenvalue weighted by Crippen LogP contribution is -2.34. The lowest BCUT2D eigenvalue weighted by atomic mass is 10.2. The molecule has 0 amide bonds. The van der Waals surface area contributed by atoms with Gasteiger partial charge in [-0.25, -0.2) is 0 Å². The Hall–Kier alpha value is 0.210. The molecule has 0 aromatic carbocycles. The van der Waals surface area contributed by atoms with Crippen molar-refractivity contribution in [2.24, 2.45) is 0 Å². The quantitative estimate of drug-likeness (QED) is 0.437. The normalized spacial score (nSPS) is 32.4. The Morgan fingerprint density at radius 2 is 2.50 bits per heavy atom. The first-order chi connectivity index (χ1) is 5.74. The summed E-state index contributed by atoms with van der Waals surface area (Å²) in [4.78, 5) is 0. The number of ether oxygens (including phenoxy) is 2. The van der Waals surface area contributed by atoms with E-state index in [0.29, 0.717) is 3.92 Å². The standard InChI is InChI=1S/C9H13IO2/c1-3-7(2)12-9-8(10)5-4-6-11-9/h1,7-9H,4-6H2,2H3/t7-,8+,9-/m0/s1. The van der Waals surface area contributed by atoms with E-state index in [1.54, 1.807) is 0 Å². The van der Waals surface area contributed by atoms with E-state index >= 15 is 0 Å². The van der Waals surface area contributed by atoms with Crippen molar-refractivity contribution in [1.29, 1.82) is 0 Å². The van der Waals surface area contributed by atoms with Crippen LogP contribution in [-0.2, 0) is 9.47 Å². The number of hydrogen-bond donors (Lipinski definition) is 0. The Morgan fingerprint density at radius 1 is 1.75 bits per heavy atom. The summed E-state index contributed by atoms with van der Waals surface area (Å²) in [6, 6.07) is 0. The van der Waals surface area contributed by atoms with Gasteiger partial charge in [-0.15, -0.1) is 6.42 Å². The monoisotopic (exact) mass is 280 g/mol. The highest BCUT2D eigenvalue weighted by Gasteiger charge is 2.25. The third kappa shape index (κ3) is 2.92. The molecule has 68 valence electrons. The van der Waals surface area contributed by atoms with Crippen LogP contribution in [0.3, 0.4) is 0 Å². The van der Waals surface area contributed by atoms with Crippen LogP contribution in [0.5, 0.6) is 0 Å². The molecular weight excluding hydrogens is 267 g/mol.